The van der Waals surface area contributed by atoms with E-state index in [-0.39, 0.29) is 291 Å². The molecule has 0 atom stereocenters. The van der Waals surface area contributed by atoms with E-state index in [0.717, 1.165) is 0 Å². The summed E-state index contributed by atoms with van der Waals surface area (Å²) >= 11 is 0. The average Bonchev–Trinajstić information content (AvgIpc) is 0. The molecule has 17 nitrogen and oxygen atoms in total. The molecule has 0 amide bonds. The first-order valence-electron chi connectivity index (χ1n) is 0. The molecule has 0 radical (unpaired) electrons. The minimum Gasteiger partial charge on any atom is -2.00 e. The normalized spacial score (nSPS) is 0. The van der Waals surface area contributed by atoms with Crippen molar-refractivity contribution in [3.8, 4) is 0 Å². The second-order valence-electron chi connectivity index (χ2n) is 0. The molecule has 0 aromatic rings. The molecule has 0 N–H and O–H groups in total. The van der Waals surface area contributed by atoms with Crippen LogP contribution in [0.4, 0.5) is 0 Å². The van der Waals surface area contributed by atoms with Crippen LogP contribution < -0.4 is 0 Å². The Bertz CT molecular complexity index is 38.6. The maximum atomic E-state index is 0. The maximum absolute atomic E-state index is 0. The molecule has 0 bridgehead atoms. The van der Waals surface area contributed by atoms with Crippen molar-refractivity contribution in [2.24, 2.45) is 0 Å². The first-order valence-corrected chi connectivity index (χ1v) is 0. The van der Waals surface area contributed by atoms with Gasteiger partial charge in [-0.15, -0.1) is 0 Å². The van der Waals surface area contributed by atoms with Gasteiger partial charge in [-0.2, -0.15) is 0 Å². The van der Waals surface area contributed by atoms with Crippen LogP contribution in [0.3, 0.4) is 0 Å². The third-order valence-electron chi connectivity index (χ3n) is 0. The Balaban J connectivity index is 0. The fourth-order valence-electron chi connectivity index (χ4n) is 0. The van der Waals surface area contributed by atoms with Gasteiger partial charge in [0.15, 0.2) is 0 Å². The smallest absolute Gasteiger partial charge is 2.00 e. The van der Waals surface area contributed by atoms with Crippen molar-refractivity contribution in [3.05, 3.63) is 0 Å². The molecule has 0 aliphatic carbocycles. The van der Waals surface area contributed by atoms with E-state index in [1.807, 2.05) is 0 Å². The predicted octanol–water partition coefficient (Wildman–Crippen LogP) is -2.04. The largest absolute Gasteiger partial charge is 5.00 e. The van der Waals surface area contributed by atoms with Gasteiger partial charge in [-0.25, -0.2) is 0 Å². The molecule has 0 aromatic heterocycles. The van der Waals surface area contributed by atoms with Gasteiger partial charge in [0.1, 0.15) is 0 Å². The minimum atomic E-state index is 0. The van der Waals surface area contributed by atoms with Gasteiger partial charge in [0, 0.05) is 0 Å². The average molecular weight is 1090 g/mol. The van der Waals surface area contributed by atoms with Crippen molar-refractivity contribution in [2.75, 3.05) is 0 Å². The molecule has 0 aromatic carbocycles. The fourth-order valence-corrected chi connectivity index (χ4v) is 0. The fraction of sp³-hybridized carbons (Fsp3) is 0. The molecule has 0 aliphatic rings. The van der Waals surface area contributed by atoms with Crippen LogP contribution in [0, 0.1) is 0 Å². The quantitative estimate of drug-likeness (QED) is 0.237. The second-order valence-corrected chi connectivity index (χ2v) is 0. The third-order valence-corrected chi connectivity index (χ3v) is 0. The zero-order valence-corrected chi connectivity index (χ0v) is 30.5. The van der Waals surface area contributed by atoms with Crippen molar-refractivity contribution in [1.29, 1.82) is 0 Å². The van der Waals surface area contributed by atoms with Crippen LogP contribution in [-0.2, 0) is 291 Å². The van der Waals surface area contributed by atoms with E-state index in [9.17, 15) is 0 Å². The predicted molar refractivity (Wildman–Crippen MR) is 11.7 cm³/mol. The van der Waals surface area contributed by atoms with Gasteiger partial charge in [0.25, 0.3) is 0 Å². The Kier molecular flexibility index (Phi) is 22600. The number of hydrogen-bond donors (Lipinski definition) is 0. The first kappa shape index (κ1) is 790. The third kappa shape index (κ3) is 666. The van der Waals surface area contributed by atoms with Crippen molar-refractivity contribution < 1.29 is 291 Å². The van der Waals surface area contributed by atoms with E-state index >= 15 is 0 Å². The van der Waals surface area contributed by atoms with Gasteiger partial charge >= 0.3 is 198 Å². The number of hydrogen-bond acceptors (Lipinski definition) is 0. The summed E-state index contributed by atoms with van der Waals surface area (Å²) in [5, 5.41) is 0. The molecule has 0 spiro atoms. The molecule has 0 saturated heterocycles. The van der Waals surface area contributed by atoms with E-state index in [4.69, 9.17) is 0 Å². The summed E-state index contributed by atoms with van der Waals surface area (Å²) in [4.78, 5) is 0. The second kappa shape index (κ2) is 714. The van der Waals surface area contributed by atoms with E-state index in [2.05, 4.69) is 0 Å². The van der Waals surface area contributed by atoms with Gasteiger partial charge in [0.2, 0.25) is 0 Å². The van der Waals surface area contributed by atoms with Gasteiger partial charge in [0.05, 0.1) is 0 Å². The summed E-state index contributed by atoms with van der Waals surface area (Å²) < 4.78 is 0. The molecular weight excluding hydrogens is 1090 g/mol. The van der Waals surface area contributed by atoms with Crippen LogP contribution in [0.5, 0.6) is 0 Å². The summed E-state index contributed by atoms with van der Waals surface area (Å²) in [6, 6.07) is 0. The molecule has 25 heavy (non-hydrogen) atoms. The van der Waals surface area contributed by atoms with Gasteiger partial charge in [-0.05, 0) is 0 Å². The standard InChI is InChI=1S/2Nb.17O.2Ta.2Ti.2Y/q2*+5;17*-2;2*+5;2*+4;2*+3. The summed E-state index contributed by atoms with van der Waals surface area (Å²) in [6.07, 6.45) is 0. The molecule has 0 heterocycles. The molecule has 0 rings (SSSR count). The van der Waals surface area contributed by atoms with Crippen LogP contribution >= 0.6 is 0 Å². The van der Waals surface area contributed by atoms with Crippen LogP contribution in [0.15, 0.2) is 0 Å². The zero-order chi connectivity index (χ0) is 0. The Labute approximate surface area is 286 Å². The topological polar surface area (TPSA) is 484 Å². The van der Waals surface area contributed by atoms with Crippen LogP contribution in [0.2, 0.25) is 0 Å². The zero-order valence-electron chi connectivity index (χ0n) is 10.9. The molecule has 0 fully saturated rings. The molecule has 136 valence electrons. The molecule has 0 unspecified atom stereocenters. The summed E-state index contributed by atoms with van der Waals surface area (Å²) in [6.45, 7) is 0. The van der Waals surface area contributed by atoms with E-state index in [0.29, 0.717) is 0 Å². The summed E-state index contributed by atoms with van der Waals surface area (Å²) in [5.74, 6) is 0. The number of rotatable bonds is 0. The Morgan fingerprint density at radius 2 is 0.200 bits per heavy atom. The Morgan fingerprint density at radius 1 is 0.200 bits per heavy atom. The van der Waals surface area contributed by atoms with E-state index < -0.39 is 0 Å². The maximum Gasteiger partial charge on any atom is 5.00 e. The molecule has 0 aliphatic heterocycles. The van der Waals surface area contributed by atoms with E-state index in [1.54, 1.807) is 0 Å². The molecule has 0 saturated carbocycles. The van der Waals surface area contributed by atoms with Crippen LogP contribution in [0.1, 0.15) is 0 Å². The van der Waals surface area contributed by atoms with Gasteiger partial charge in [-0.1, -0.05) is 0 Å². The summed E-state index contributed by atoms with van der Waals surface area (Å²) in [5.41, 5.74) is 0. The van der Waals surface area contributed by atoms with E-state index in [1.165, 1.54) is 0 Å². The van der Waals surface area contributed by atoms with Crippen molar-refractivity contribution in [3.63, 3.8) is 0 Å². The Hall–Kier alpha value is 5.92. The molecular formula is Nb2O17Ta2Ti2Y2. The minimum absolute atomic E-state index is 0. The van der Waals surface area contributed by atoms with Crippen LogP contribution in [0.25, 0.3) is 0 Å². The SMILES string of the molecule is [Nb+5].[Nb+5].[O-2].[O-2].[O-2].[O-2].[O-2].[O-2].[O-2].[O-2].[O-2].[O-2].[O-2].[O-2].[O-2].[O-2].[O-2].[O-2].[O-2].[Ta+5].[Ta+5].[Ti+4].[Ti+4].[Y+3].[Y+3]. The van der Waals surface area contributed by atoms with Gasteiger partial charge in [-0.3, -0.25) is 0 Å². The first-order chi connectivity index (χ1) is 0. The molecule has 25 heteroatoms. The van der Waals surface area contributed by atoms with Crippen LogP contribution in [-0.4, -0.2) is 0 Å². The van der Waals surface area contributed by atoms with Crippen molar-refractivity contribution >= 4 is 0 Å². The monoisotopic (exact) mass is 1090 g/mol. The summed E-state index contributed by atoms with van der Waals surface area (Å²) in [7, 11) is 0. The Morgan fingerprint density at radius 3 is 0.200 bits per heavy atom. The van der Waals surface area contributed by atoms with Crippen molar-refractivity contribution in [1.82, 2.24) is 0 Å². The van der Waals surface area contributed by atoms with Gasteiger partial charge < -0.3 is 93.1 Å². The van der Waals surface area contributed by atoms with Crippen molar-refractivity contribution in [2.45, 2.75) is 0 Å².